The number of aromatic carboxylic acids is 1. The number of amides is 1. The monoisotopic (exact) mass is 316 g/mol. The molecule has 0 spiro atoms. The van der Waals surface area contributed by atoms with E-state index < -0.39 is 16.8 Å². The molecular formula is C15H12N2O6. The molecule has 0 bridgehead atoms. The molecule has 1 amide bonds. The van der Waals surface area contributed by atoms with Crippen molar-refractivity contribution in [2.45, 2.75) is 0 Å². The number of benzene rings is 2. The van der Waals surface area contributed by atoms with Crippen molar-refractivity contribution in [1.82, 2.24) is 0 Å². The first-order valence-corrected chi connectivity index (χ1v) is 6.46. The van der Waals surface area contributed by atoms with Crippen molar-refractivity contribution < 1.29 is 24.4 Å². The van der Waals surface area contributed by atoms with E-state index in [4.69, 9.17) is 9.84 Å². The van der Waals surface area contributed by atoms with Gasteiger partial charge >= 0.3 is 5.97 Å². The van der Waals surface area contributed by atoms with E-state index in [-0.39, 0.29) is 23.6 Å². The topological polar surface area (TPSA) is 119 Å². The van der Waals surface area contributed by atoms with Crippen molar-refractivity contribution in [3.63, 3.8) is 0 Å². The summed E-state index contributed by atoms with van der Waals surface area (Å²) in [4.78, 5) is 32.5. The Balaban J connectivity index is 1.91. The van der Waals surface area contributed by atoms with Crippen LogP contribution < -0.4 is 10.1 Å². The zero-order valence-electron chi connectivity index (χ0n) is 11.8. The summed E-state index contributed by atoms with van der Waals surface area (Å²) < 4.78 is 5.18. The van der Waals surface area contributed by atoms with Gasteiger partial charge in [-0.3, -0.25) is 14.9 Å². The van der Waals surface area contributed by atoms with Gasteiger partial charge in [0.15, 0.2) is 6.61 Å². The van der Waals surface area contributed by atoms with Crippen LogP contribution in [0.15, 0.2) is 48.5 Å². The van der Waals surface area contributed by atoms with E-state index in [1.165, 1.54) is 48.5 Å². The lowest BCUT2D eigenvalue weighted by atomic mass is 10.2. The Morgan fingerprint density at radius 3 is 2.48 bits per heavy atom. The Morgan fingerprint density at radius 2 is 1.87 bits per heavy atom. The summed E-state index contributed by atoms with van der Waals surface area (Å²) in [5.74, 6) is -1.33. The second-order valence-corrected chi connectivity index (χ2v) is 4.47. The maximum Gasteiger partial charge on any atom is 0.335 e. The van der Waals surface area contributed by atoms with Gasteiger partial charge in [-0.2, -0.15) is 0 Å². The summed E-state index contributed by atoms with van der Waals surface area (Å²) in [5.41, 5.74) is 0.394. The molecule has 8 nitrogen and oxygen atoms in total. The van der Waals surface area contributed by atoms with Crippen molar-refractivity contribution in [3.8, 4) is 5.75 Å². The van der Waals surface area contributed by atoms with Crippen molar-refractivity contribution in [3.05, 3.63) is 64.2 Å². The SMILES string of the molecule is O=C(COc1cccc([N+](=O)[O-])c1)Nc1ccc(C(=O)O)cc1. The molecule has 2 rings (SSSR count). The molecule has 0 unspecified atom stereocenters. The standard InChI is InChI=1S/C15H12N2O6/c18-14(16-11-6-4-10(5-7-11)15(19)20)9-23-13-3-1-2-12(8-13)17(21)22/h1-8H,9H2,(H,16,18)(H,19,20). The fraction of sp³-hybridized carbons (Fsp3) is 0.0667. The predicted octanol–water partition coefficient (Wildman–Crippen LogP) is 2.31. The summed E-state index contributed by atoms with van der Waals surface area (Å²) >= 11 is 0. The average Bonchev–Trinajstić information content (AvgIpc) is 2.53. The number of carboxylic acid groups (broad SMARTS) is 1. The highest BCUT2D eigenvalue weighted by molar-refractivity contribution is 5.93. The first kappa shape index (κ1) is 16.0. The molecule has 0 heterocycles. The third kappa shape index (κ3) is 4.53. The minimum absolute atomic E-state index is 0.107. The van der Waals surface area contributed by atoms with E-state index in [0.717, 1.165) is 0 Å². The van der Waals surface area contributed by atoms with E-state index in [0.29, 0.717) is 5.69 Å². The van der Waals surface area contributed by atoms with Gasteiger partial charge in [-0.05, 0) is 30.3 Å². The average molecular weight is 316 g/mol. The number of nitro benzene ring substituents is 1. The molecule has 118 valence electrons. The van der Waals surface area contributed by atoms with E-state index in [1.54, 1.807) is 0 Å². The normalized spacial score (nSPS) is 9.91. The lowest BCUT2D eigenvalue weighted by molar-refractivity contribution is -0.384. The number of nitro groups is 1. The largest absolute Gasteiger partial charge is 0.484 e. The lowest BCUT2D eigenvalue weighted by Gasteiger charge is -2.07. The van der Waals surface area contributed by atoms with Gasteiger partial charge in [0, 0.05) is 11.8 Å². The van der Waals surface area contributed by atoms with Crippen molar-refractivity contribution in [2.75, 3.05) is 11.9 Å². The molecule has 0 aliphatic rings. The third-order valence-corrected chi connectivity index (χ3v) is 2.81. The molecule has 2 aromatic rings. The third-order valence-electron chi connectivity index (χ3n) is 2.81. The quantitative estimate of drug-likeness (QED) is 0.623. The number of nitrogens with zero attached hydrogens (tertiary/aromatic N) is 1. The zero-order valence-corrected chi connectivity index (χ0v) is 11.8. The maximum absolute atomic E-state index is 11.7. The Hall–Kier alpha value is -3.42. The molecule has 2 aromatic carbocycles. The molecule has 2 N–H and O–H groups in total. The van der Waals surface area contributed by atoms with Crippen LogP contribution in [0.25, 0.3) is 0 Å². The molecule has 8 heteroatoms. The van der Waals surface area contributed by atoms with Gasteiger partial charge in [-0.1, -0.05) is 6.07 Å². The van der Waals surface area contributed by atoms with E-state index >= 15 is 0 Å². The Morgan fingerprint density at radius 1 is 1.17 bits per heavy atom. The van der Waals surface area contributed by atoms with Crippen LogP contribution in [0.1, 0.15) is 10.4 Å². The molecule has 0 fully saturated rings. The number of carbonyl (C=O) groups is 2. The fourth-order valence-electron chi connectivity index (χ4n) is 1.73. The highest BCUT2D eigenvalue weighted by atomic mass is 16.6. The number of ether oxygens (including phenoxy) is 1. The first-order chi connectivity index (χ1) is 11.0. The summed E-state index contributed by atoms with van der Waals surface area (Å²) in [6.45, 7) is -0.331. The van der Waals surface area contributed by atoms with Gasteiger partial charge < -0.3 is 15.2 Å². The maximum atomic E-state index is 11.7. The number of rotatable bonds is 6. The fourth-order valence-corrected chi connectivity index (χ4v) is 1.73. The van der Waals surface area contributed by atoms with E-state index in [2.05, 4.69) is 5.32 Å². The van der Waals surface area contributed by atoms with Gasteiger partial charge in [-0.15, -0.1) is 0 Å². The number of carbonyl (C=O) groups excluding carboxylic acids is 1. The zero-order chi connectivity index (χ0) is 16.8. The molecule has 0 aliphatic heterocycles. The number of anilines is 1. The minimum Gasteiger partial charge on any atom is -0.484 e. The number of hydrogen-bond acceptors (Lipinski definition) is 5. The van der Waals surface area contributed by atoms with Gasteiger partial charge in [-0.25, -0.2) is 4.79 Å². The van der Waals surface area contributed by atoms with Crippen LogP contribution in [-0.4, -0.2) is 28.5 Å². The second kappa shape index (κ2) is 7.03. The van der Waals surface area contributed by atoms with Crippen LogP contribution in [0.4, 0.5) is 11.4 Å². The van der Waals surface area contributed by atoms with Gasteiger partial charge in [0.1, 0.15) is 5.75 Å². The molecule has 0 saturated heterocycles. The van der Waals surface area contributed by atoms with Gasteiger partial charge in [0.25, 0.3) is 11.6 Å². The predicted molar refractivity (Wildman–Crippen MR) is 80.6 cm³/mol. The number of hydrogen-bond donors (Lipinski definition) is 2. The van der Waals surface area contributed by atoms with Gasteiger partial charge in [0.2, 0.25) is 0 Å². The van der Waals surface area contributed by atoms with Crippen LogP contribution in [-0.2, 0) is 4.79 Å². The molecule has 0 atom stereocenters. The molecular weight excluding hydrogens is 304 g/mol. The lowest BCUT2D eigenvalue weighted by Crippen LogP contribution is -2.20. The van der Waals surface area contributed by atoms with E-state index in [9.17, 15) is 19.7 Å². The Labute approximate surface area is 130 Å². The van der Waals surface area contributed by atoms with Crippen LogP contribution in [0, 0.1) is 10.1 Å². The highest BCUT2D eigenvalue weighted by Crippen LogP contribution is 2.19. The second-order valence-electron chi connectivity index (χ2n) is 4.47. The molecule has 0 aliphatic carbocycles. The van der Waals surface area contributed by atoms with Crippen LogP contribution in [0.3, 0.4) is 0 Å². The van der Waals surface area contributed by atoms with Gasteiger partial charge in [0.05, 0.1) is 16.6 Å². The smallest absolute Gasteiger partial charge is 0.335 e. The van der Waals surface area contributed by atoms with Crippen LogP contribution in [0.2, 0.25) is 0 Å². The molecule has 0 saturated carbocycles. The molecule has 23 heavy (non-hydrogen) atoms. The summed E-state index contributed by atoms with van der Waals surface area (Å²) in [6, 6.07) is 11.1. The van der Waals surface area contributed by atoms with E-state index in [1.807, 2.05) is 0 Å². The van der Waals surface area contributed by atoms with Crippen LogP contribution in [0.5, 0.6) is 5.75 Å². The summed E-state index contributed by atoms with van der Waals surface area (Å²) in [5, 5.41) is 21.9. The molecule has 0 aromatic heterocycles. The first-order valence-electron chi connectivity index (χ1n) is 6.46. The summed E-state index contributed by atoms with van der Waals surface area (Å²) in [6.07, 6.45) is 0. The van der Waals surface area contributed by atoms with Crippen molar-refractivity contribution >= 4 is 23.3 Å². The Kier molecular flexibility index (Phi) is 4.88. The van der Waals surface area contributed by atoms with Crippen LogP contribution >= 0.6 is 0 Å². The minimum atomic E-state index is -1.06. The highest BCUT2D eigenvalue weighted by Gasteiger charge is 2.09. The number of carboxylic acids is 1. The number of nitrogens with one attached hydrogen (secondary N) is 1. The summed E-state index contributed by atoms with van der Waals surface area (Å²) in [7, 11) is 0. The van der Waals surface area contributed by atoms with Crippen molar-refractivity contribution in [1.29, 1.82) is 0 Å². The van der Waals surface area contributed by atoms with Crippen molar-refractivity contribution in [2.24, 2.45) is 0 Å². The number of non-ortho nitro benzene ring substituents is 1. The molecule has 0 radical (unpaired) electrons. The Bertz CT molecular complexity index is 742.